The number of benzene rings is 4. The summed E-state index contributed by atoms with van der Waals surface area (Å²) in [5.74, 6) is -0.876. The van der Waals surface area contributed by atoms with Crippen molar-refractivity contribution in [1.82, 2.24) is 14.3 Å². The zero-order chi connectivity index (χ0) is 31.8. The van der Waals surface area contributed by atoms with E-state index >= 15 is 0 Å². The van der Waals surface area contributed by atoms with E-state index < -0.39 is 30.8 Å². The molecule has 0 aromatic heterocycles. The molecule has 1 amide bonds. The van der Waals surface area contributed by atoms with Gasteiger partial charge in [0.05, 0.1) is 10.7 Å². The molecule has 1 saturated heterocycles. The normalized spacial score (nSPS) is 16.1. The highest BCUT2D eigenvalue weighted by Gasteiger charge is 2.29. The first-order chi connectivity index (χ1) is 21.5. The molecule has 45 heavy (non-hydrogen) atoms. The highest BCUT2D eigenvalue weighted by Crippen LogP contribution is 2.34. The van der Waals surface area contributed by atoms with Crippen LogP contribution in [0.4, 0.5) is 11.4 Å². The van der Waals surface area contributed by atoms with E-state index in [4.69, 9.17) is 23.2 Å². The van der Waals surface area contributed by atoms with E-state index in [-0.39, 0.29) is 21.2 Å². The zero-order valence-electron chi connectivity index (χ0n) is 23.7. The Morgan fingerprint density at radius 2 is 1.60 bits per heavy atom. The fourth-order valence-electron chi connectivity index (χ4n) is 5.31. The second kappa shape index (κ2) is 12.5. The summed E-state index contributed by atoms with van der Waals surface area (Å²) >= 11 is 12.2. The molecule has 1 fully saturated rings. The first-order valence-corrected chi connectivity index (χ1v) is 17.6. The molecule has 0 bridgehead atoms. The largest absolute Gasteiger partial charge is 0.369 e. The molecular weight excluding hydrogens is 657 g/mol. The molecule has 0 unspecified atom stereocenters. The Labute approximate surface area is 271 Å². The quantitative estimate of drug-likeness (QED) is 0.279. The number of piperazine rings is 1. The van der Waals surface area contributed by atoms with E-state index in [1.165, 1.54) is 11.1 Å². The van der Waals surface area contributed by atoms with Gasteiger partial charge in [0.25, 0.3) is 26.0 Å². The fraction of sp³-hybridized carbons (Fsp3) is 0.161. The summed E-state index contributed by atoms with van der Waals surface area (Å²) in [6.07, 6.45) is 0.969. The minimum atomic E-state index is -4.50. The summed E-state index contributed by atoms with van der Waals surface area (Å²) in [6, 6.07) is 24.8. The SMILES string of the molecule is O=C(NS(=O)(=O)c1cc2c(cc1Cl)N=CNS2(=O)=O)c1ccc(N2CCN(Cc3ccccc3-c3ccc(Cl)cc3)CC2)cc1. The molecule has 232 valence electrons. The van der Waals surface area contributed by atoms with Gasteiger partial charge in [-0.2, -0.15) is 0 Å². The minimum absolute atomic E-state index is 0.0109. The van der Waals surface area contributed by atoms with Crippen molar-refractivity contribution in [2.75, 3.05) is 31.1 Å². The van der Waals surface area contributed by atoms with Gasteiger partial charge in [-0.25, -0.2) is 26.6 Å². The predicted molar refractivity (Wildman–Crippen MR) is 175 cm³/mol. The molecule has 2 heterocycles. The molecule has 0 saturated carbocycles. The number of aliphatic imine (C=N–C) groups is 1. The van der Waals surface area contributed by atoms with E-state index in [1.807, 2.05) is 41.1 Å². The average molecular weight is 685 g/mol. The zero-order valence-corrected chi connectivity index (χ0v) is 26.8. The average Bonchev–Trinajstić information content (AvgIpc) is 3.01. The molecule has 0 radical (unpaired) electrons. The number of halogens is 2. The molecule has 4 aromatic rings. The van der Waals surface area contributed by atoms with Crippen molar-refractivity contribution in [3.8, 4) is 11.1 Å². The van der Waals surface area contributed by atoms with Gasteiger partial charge in [0.2, 0.25) is 0 Å². The number of sulfonamides is 2. The predicted octanol–water partition coefficient (Wildman–Crippen LogP) is 5.05. The van der Waals surface area contributed by atoms with Crippen LogP contribution < -0.4 is 14.3 Å². The van der Waals surface area contributed by atoms with Gasteiger partial charge in [-0.05, 0) is 65.2 Å². The summed E-state index contributed by atoms with van der Waals surface area (Å²) in [5.41, 5.74) is 4.55. The number of anilines is 1. The molecule has 0 spiro atoms. The maximum atomic E-state index is 13.0. The number of hydrogen-bond acceptors (Lipinski definition) is 8. The van der Waals surface area contributed by atoms with Crippen molar-refractivity contribution in [2.24, 2.45) is 4.99 Å². The maximum absolute atomic E-state index is 13.0. The Balaban J connectivity index is 1.09. The first-order valence-electron chi connectivity index (χ1n) is 13.9. The Bertz CT molecular complexity index is 2010. The van der Waals surface area contributed by atoms with E-state index in [0.29, 0.717) is 5.02 Å². The number of nitrogens with one attached hydrogen (secondary N) is 2. The third-order valence-corrected chi connectivity index (χ3v) is 11.0. The number of fused-ring (bicyclic) bond motifs is 1. The van der Waals surface area contributed by atoms with Gasteiger partial charge in [-0.1, -0.05) is 59.6 Å². The van der Waals surface area contributed by atoms with Crippen LogP contribution >= 0.6 is 23.2 Å². The lowest BCUT2D eigenvalue weighted by Crippen LogP contribution is -2.46. The molecule has 2 aliphatic rings. The van der Waals surface area contributed by atoms with E-state index in [2.05, 4.69) is 31.6 Å². The molecule has 0 atom stereocenters. The lowest BCUT2D eigenvalue weighted by molar-refractivity contribution is 0.0981. The fourth-order valence-corrected chi connectivity index (χ4v) is 8.01. The highest BCUT2D eigenvalue weighted by molar-refractivity contribution is 7.91. The van der Waals surface area contributed by atoms with Crippen LogP contribution in [0.25, 0.3) is 11.1 Å². The Morgan fingerprint density at radius 3 is 2.31 bits per heavy atom. The van der Waals surface area contributed by atoms with Gasteiger partial charge in [0.1, 0.15) is 16.1 Å². The van der Waals surface area contributed by atoms with Crippen LogP contribution in [0.1, 0.15) is 15.9 Å². The standard InChI is InChI=1S/C31H27Cl2N5O5S2/c32-24-9-5-21(6-10-24)26-4-2-1-3-23(26)19-37-13-15-38(16-14-37)25-11-7-22(8-12-25)31(39)36-45(42,43)29-18-30-28(17-27(29)33)34-20-35-44(30,40)41/h1-12,17-18,20H,13-16,19H2,(H,34,35)(H,36,39). The lowest BCUT2D eigenvalue weighted by Gasteiger charge is -2.36. The summed E-state index contributed by atoms with van der Waals surface area (Å²) in [4.78, 5) is 20.5. The topological polar surface area (TPSA) is 128 Å². The van der Waals surface area contributed by atoms with Crippen LogP contribution in [0.2, 0.25) is 10.0 Å². The number of carbonyl (C=O) groups is 1. The van der Waals surface area contributed by atoms with Gasteiger partial charge in [0.15, 0.2) is 0 Å². The van der Waals surface area contributed by atoms with Gasteiger partial charge < -0.3 is 4.90 Å². The minimum Gasteiger partial charge on any atom is -0.369 e. The van der Waals surface area contributed by atoms with Gasteiger partial charge in [-0.3, -0.25) is 14.4 Å². The van der Waals surface area contributed by atoms with Gasteiger partial charge in [0, 0.05) is 49.0 Å². The number of rotatable bonds is 7. The molecule has 2 N–H and O–H groups in total. The van der Waals surface area contributed by atoms with Crippen LogP contribution in [-0.2, 0) is 26.6 Å². The van der Waals surface area contributed by atoms with Gasteiger partial charge in [-0.15, -0.1) is 0 Å². The highest BCUT2D eigenvalue weighted by atomic mass is 35.5. The van der Waals surface area contributed by atoms with Crippen molar-refractivity contribution in [2.45, 2.75) is 16.3 Å². The van der Waals surface area contributed by atoms with E-state index in [1.54, 1.807) is 24.3 Å². The lowest BCUT2D eigenvalue weighted by atomic mass is 9.99. The van der Waals surface area contributed by atoms with Crippen molar-refractivity contribution < 1.29 is 21.6 Å². The first kappa shape index (κ1) is 31.1. The second-order valence-electron chi connectivity index (χ2n) is 10.5. The third kappa shape index (κ3) is 6.70. The molecule has 14 heteroatoms. The van der Waals surface area contributed by atoms with Crippen molar-refractivity contribution in [3.05, 3.63) is 106 Å². The number of carbonyl (C=O) groups excluding carboxylic acids is 1. The Kier molecular flexibility index (Phi) is 8.59. The summed E-state index contributed by atoms with van der Waals surface area (Å²) in [6.45, 7) is 4.05. The molecule has 2 aliphatic heterocycles. The Hall–Kier alpha value is -3.94. The van der Waals surface area contributed by atoms with Crippen LogP contribution in [0.15, 0.2) is 99.7 Å². The van der Waals surface area contributed by atoms with Crippen LogP contribution in [-0.4, -0.2) is 60.2 Å². The number of hydrogen-bond donors (Lipinski definition) is 2. The van der Waals surface area contributed by atoms with E-state index in [9.17, 15) is 21.6 Å². The molecule has 6 rings (SSSR count). The summed E-state index contributed by atoms with van der Waals surface area (Å²) < 4.78 is 54.7. The third-order valence-electron chi connectivity index (χ3n) is 7.66. The second-order valence-corrected chi connectivity index (χ2v) is 14.7. The monoisotopic (exact) mass is 683 g/mol. The molecule has 4 aromatic carbocycles. The smallest absolute Gasteiger partial charge is 0.265 e. The van der Waals surface area contributed by atoms with E-state index in [0.717, 1.165) is 62.4 Å². The number of nitrogens with zero attached hydrogens (tertiary/aromatic N) is 3. The molecule has 0 aliphatic carbocycles. The molecule has 10 nitrogen and oxygen atoms in total. The van der Waals surface area contributed by atoms with Gasteiger partial charge >= 0.3 is 0 Å². The number of amides is 1. The maximum Gasteiger partial charge on any atom is 0.265 e. The van der Waals surface area contributed by atoms with Crippen LogP contribution in [0.3, 0.4) is 0 Å². The Morgan fingerprint density at radius 1 is 0.911 bits per heavy atom. The summed E-state index contributed by atoms with van der Waals surface area (Å²) in [5, 5.41) is 0.431. The van der Waals surface area contributed by atoms with Crippen molar-refractivity contribution in [3.63, 3.8) is 0 Å². The summed E-state index contributed by atoms with van der Waals surface area (Å²) in [7, 11) is -8.52. The van der Waals surface area contributed by atoms with Crippen LogP contribution in [0, 0.1) is 0 Å². The van der Waals surface area contributed by atoms with Crippen molar-refractivity contribution in [1.29, 1.82) is 0 Å². The molecular formula is C31H27Cl2N5O5S2. The van der Waals surface area contributed by atoms with Crippen molar-refractivity contribution >= 4 is 66.9 Å². The van der Waals surface area contributed by atoms with Crippen LogP contribution in [0.5, 0.6) is 0 Å².